The first kappa shape index (κ1) is 21.8. The molecule has 1 aliphatic heterocycles. The first-order chi connectivity index (χ1) is 14.1. The Hall–Kier alpha value is -2.91. The fourth-order valence-corrected chi connectivity index (χ4v) is 3.28. The van der Waals surface area contributed by atoms with E-state index in [0.29, 0.717) is 16.8 Å². The Morgan fingerprint density at radius 1 is 1.20 bits per heavy atom. The summed E-state index contributed by atoms with van der Waals surface area (Å²) in [4.78, 5) is 24.9. The van der Waals surface area contributed by atoms with E-state index in [9.17, 15) is 27.9 Å². The van der Waals surface area contributed by atoms with Crippen LogP contribution in [0.3, 0.4) is 0 Å². The molecule has 1 saturated heterocycles. The van der Waals surface area contributed by atoms with E-state index < -0.39 is 23.9 Å². The van der Waals surface area contributed by atoms with E-state index in [-0.39, 0.29) is 31.6 Å². The van der Waals surface area contributed by atoms with Crippen molar-refractivity contribution in [2.75, 3.05) is 18.5 Å². The topological polar surface area (TPSA) is 78.9 Å². The van der Waals surface area contributed by atoms with Crippen LogP contribution in [0.1, 0.15) is 29.7 Å². The van der Waals surface area contributed by atoms with Crippen LogP contribution in [0.15, 0.2) is 48.5 Å². The molecule has 2 aromatic rings. The lowest BCUT2D eigenvalue weighted by Crippen LogP contribution is -2.51. The number of amides is 2. The third kappa shape index (κ3) is 5.17. The summed E-state index contributed by atoms with van der Waals surface area (Å²) in [5.74, 6) is -0.586. The smallest absolute Gasteiger partial charge is 0.386 e. The van der Waals surface area contributed by atoms with Gasteiger partial charge in [0.15, 0.2) is 0 Å². The highest BCUT2D eigenvalue weighted by molar-refractivity contribution is 5.88. The summed E-state index contributed by atoms with van der Waals surface area (Å²) in [5, 5.41) is 13.4. The molecule has 2 aromatic carbocycles. The van der Waals surface area contributed by atoms with Crippen molar-refractivity contribution in [3.63, 3.8) is 0 Å². The summed E-state index contributed by atoms with van der Waals surface area (Å²) >= 11 is 0. The Labute approximate surface area is 171 Å². The van der Waals surface area contributed by atoms with Gasteiger partial charge in [-0.05, 0) is 35.4 Å². The molecular formula is C21H21F3N2O4. The zero-order valence-corrected chi connectivity index (χ0v) is 16.1. The molecule has 2 atom stereocenters. The maximum absolute atomic E-state index is 12.8. The number of alkyl halides is 3. The minimum absolute atomic E-state index is 0.0477. The molecule has 9 heteroatoms. The lowest BCUT2D eigenvalue weighted by Gasteiger charge is -2.38. The standard InChI is InChI=1S/C21H21F3N2O4/c1-13(27)25-17-8-4-15(5-9-17)20(29)18-11-30-12-19(28)26(18)10-14-2-6-16(7-3-14)21(22,23)24/h2-9,18,20,29H,10-12H2,1H3,(H,25,27)/t18-,20-/m1/s1. The Morgan fingerprint density at radius 3 is 2.40 bits per heavy atom. The zero-order valence-electron chi connectivity index (χ0n) is 16.1. The maximum Gasteiger partial charge on any atom is 0.416 e. The number of halogens is 3. The van der Waals surface area contributed by atoms with Crippen molar-refractivity contribution < 1.29 is 32.6 Å². The second kappa shape index (κ2) is 8.85. The van der Waals surface area contributed by atoms with Crippen LogP contribution in [0.2, 0.25) is 0 Å². The third-order valence-electron chi connectivity index (χ3n) is 4.81. The number of ether oxygens (including phenoxy) is 1. The van der Waals surface area contributed by atoms with Crippen molar-refractivity contribution in [2.24, 2.45) is 0 Å². The van der Waals surface area contributed by atoms with Gasteiger partial charge in [-0.1, -0.05) is 24.3 Å². The molecule has 0 saturated carbocycles. The summed E-state index contributed by atoms with van der Waals surface area (Å²) in [5.41, 5.74) is 0.827. The number of hydrogen-bond acceptors (Lipinski definition) is 4. The van der Waals surface area contributed by atoms with Gasteiger partial charge in [0.2, 0.25) is 11.8 Å². The molecule has 30 heavy (non-hydrogen) atoms. The van der Waals surface area contributed by atoms with Crippen LogP contribution in [0, 0.1) is 0 Å². The van der Waals surface area contributed by atoms with Gasteiger partial charge in [-0.25, -0.2) is 0 Å². The molecule has 2 N–H and O–H groups in total. The van der Waals surface area contributed by atoms with Gasteiger partial charge in [-0.2, -0.15) is 13.2 Å². The van der Waals surface area contributed by atoms with Crippen molar-refractivity contribution in [3.8, 4) is 0 Å². The van der Waals surface area contributed by atoms with Crippen LogP contribution in [0.4, 0.5) is 18.9 Å². The number of anilines is 1. The zero-order chi connectivity index (χ0) is 21.9. The lowest BCUT2D eigenvalue weighted by atomic mass is 9.99. The van der Waals surface area contributed by atoms with Gasteiger partial charge in [0.1, 0.15) is 12.7 Å². The van der Waals surface area contributed by atoms with E-state index in [1.807, 2.05) is 0 Å². The average Bonchev–Trinajstić information content (AvgIpc) is 2.69. The highest BCUT2D eigenvalue weighted by atomic mass is 19.4. The number of morpholine rings is 1. The number of carbonyl (C=O) groups is 2. The number of hydrogen-bond donors (Lipinski definition) is 2. The summed E-state index contributed by atoms with van der Waals surface area (Å²) < 4.78 is 43.6. The van der Waals surface area contributed by atoms with E-state index in [2.05, 4.69) is 5.32 Å². The molecule has 0 aliphatic carbocycles. The number of carbonyl (C=O) groups excluding carboxylic acids is 2. The number of rotatable bonds is 5. The number of benzene rings is 2. The van der Waals surface area contributed by atoms with Crippen molar-refractivity contribution in [1.29, 1.82) is 0 Å². The monoisotopic (exact) mass is 422 g/mol. The molecule has 0 aromatic heterocycles. The molecule has 1 aliphatic rings. The second-order valence-electron chi connectivity index (χ2n) is 7.05. The van der Waals surface area contributed by atoms with Gasteiger partial charge in [0, 0.05) is 19.2 Å². The van der Waals surface area contributed by atoms with Gasteiger partial charge in [-0.15, -0.1) is 0 Å². The summed E-state index contributed by atoms with van der Waals surface area (Å²) in [6.07, 6.45) is -5.51. The van der Waals surface area contributed by atoms with Crippen molar-refractivity contribution in [3.05, 3.63) is 65.2 Å². The molecule has 1 fully saturated rings. The molecule has 6 nitrogen and oxygen atoms in total. The predicted molar refractivity (Wildman–Crippen MR) is 102 cm³/mol. The van der Waals surface area contributed by atoms with Gasteiger partial charge in [0.05, 0.1) is 18.2 Å². The highest BCUT2D eigenvalue weighted by Gasteiger charge is 2.35. The predicted octanol–water partition coefficient (Wildman–Crippen LogP) is 3.12. The van der Waals surface area contributed by atoms with Crippen LogP contribution in [0.25, 0.3) is 0 Å². The Bertz CT molecular complexity index is 898. The van der Waals surface area contributed by atoms with Crippen LogP contribution >= 0.6 is 0 Å². The molecule has 3 rings (SSSR count). The summed E-state index contributed by atoms with van der Waals surface area (Å²) in [6.45, 7) is 1.35. The van der Waals surface area contributed by atoms with Crippen LogP contribution in [0.5, 0.6) is 0 Å². The van der Waals surface area contributed by atoms with E-state index in [4.69, 9.17) is 4.74 Å². The third-order valence-corrected chi connectivity index (χ3v) is 4.81. The van der Waals surface area contributed by atoms with Gasteiger partial charge >= 0.3 is 6.18 Å². The van der Waals surface area contributed by atoms with E-state index in [1.54, 1.807) is 24.3 Å². The van der Waals surface area contributed by atoms with Crippen molar-refractivity contribution in [2.45, 2.75) is 31.8 Å². The summed E-state index contributed by atoms with van der Waals surface area (Å²) in [6, 6.07) is 10.4. The second-order valence-corrected chi connectivity index (χ2v) is 7.05. The molecule has 0 bridgehead atoms. The molecule has 2 amide bonds. The number of aliphatic hydroxyl groups excluding tert-OH is 1. The highest BCUT2D eigenvalue weighted by Crippen LogP contribution is 2.30. The Kier molecular flexibility index (Phi) is 6.42. The minimum Gasteiger partial charge on any atom is -0.386 e. The number of nitrogens with one attached hydrogen (secondary N) is 1. The molecule has 0 spiro atoms. The van der Waals surface area contributed by atoms with Gasteiger partial charge < -0.3 is 20.1 Å². The normalized spacial score (nSPS) is 18.2. The first-order valence-corrected chi connectivity index (χ1v) is 9.24. The maximum atomic E-state index is 12.8. The van der Waals surface area contributed by atoms with E-state index >= 15 is 0 Å². The average molecular weight is 422 g/mol. The largest absolute Gasteiger partial charge is 0.416 e. The molecule has 0 unspecified atom stereocenters. The van der Waals surface area contributed by atoms with Gasteiger partial charge in [-0.3, -0.25) is 9.59 Å². The Balaban J connectivity index is 1.77. The first-order valence-electron chi connectivity index (χ1n) is 9.24. The Morgan fingerprint density at radius 2 is 1.83 bits per heavy atom. The van der Waals surface area contributed by atoms with E-state index in [0.717, 1.165) is 12.1 Å². The van der Waals surface area contributed by atoms with E-state index in [1.165, 1.54) is 24.0 Å². The minimum atomic E-state index is -4.44. The molecule has 160 valence electrons. The number of aliphatic hydroxyl groups is 1. The van der Waals surface area contributed by atoms with Crippen LogP contribution < -0.4 is 5.32 Å². The van der Waals surface area contributed by atoms with Crippen molar-refractivity contribution in [1.82, 2.24) is 4.90 Å². The van der Waals surface area contributed by atoms with Crippen LogP contribution in [-0.4, -0.2) is 41.1 Å². The molecule has 1 heterocycles. The lowest BCUT2D eigenvalue weighted by molar-refractivity contribution is -0.155. The van der Waals surface area contributed by atoms with Gasteiger partial charge in [0.25, 0.3) is 0 Å². The quantitative estimate of drug-likeness (QED) is 0.776. The fourth-order valence-electron chi connectivity index (χ4n) is 3.28. The van der Waals surface area contributed by atoms with Crippen LogP contribution in [-0.2, 0) is 27.0 Å². The summed E-state index contributed by atoms with van der Waals surface area (Å²) in [7, 11) is 0. The fraction of sp³-hybridized carbons (Fsp3) is 0.333. The number of nitrogens with zero attached hydrogens (tertiary/aromatic N) is 1. The molecule has 0 radical (unpaired) electrons. The molecular weight excluding hydrogens is 401 g/mol. The SMILES string of the molecule is CC(=O)Nc1ccc([C@@H](O)[C@H]2COCC(=O)N2Cc2ccc(C(F)(F)F)cc2)cc1. The van der Waals surface area contributed by atoms with Crippen molar-refractivity contribution >= 4 is 17.5 Å².